The summed E-state index contributed by atoms with van der Waals surface area (Å²) in [5, 5.41) is 5.29. The number of alkyl halides is 3. The number of nitrogens with one attached hydrogen (secondary N) is 2. The van der Waals surface area contributed by atoms with Crippen LogP contribution in [0.2, 0.25) is 0 Å². The fourth-order valence-corrected chi connectivity index (χ4v) is 5.58. The molecule has 0 bridgehead atoms. The molecule has 0 aliphatic carbocycles. The van der Waals surface area contributed by atoms with Gasteiger partial charge in [0.2, 0.25) is 5.91 Å². The molecular weight excluding hydrogens is 555 g/mol. The molecule has 2 heterocycles. The number of sulfonamides is 1. The van der Waals surface area contributed by atoms with Gasteiger partial charge < -0.3 is 19.5 Å². The van der Waals surface area contributed by atoms with E-state index in [4.69, 9.17) is 14.2 Å². The van der Waals surface area contributed by atoms with Crippen LogP contribution in [0.3, 0.4) is 0 Å². The summed E-state index contributed by atoms with van der Waals surface area (Å²) in [4.78, 5) is 23.8. The summed E-state index contributed by atoms with van der Waals surface area (Å²) in [7, 11) is -4.51. The number of anilines is 2. The fraction of sp³-hybridized carbons (Fsp3) is 0.462. The van der Waals surface area contributed by atoms with Gasteiger partial charge in [-0.1, -0.05) is 6.07 Å². The van der Waals surface area contributed by atoms with Gasteiger partial charge in [-0.3, -0.25) is 14.4 Å². The molecule has 0 radical (unpaired) electrons. The molecule has 2 amide bonds. The van der Waals surface area contributed by atoms with Crippen LogP contribution in [0.5, 0.6) is 5.75 Å². The SMILES string of the molecule is CC(C)(C)OC(=O)Nc1ccc2c(c1)N(S(=O)(=O)c1cccc(C(F)(F)F)c1)CC(CCNC(=O)C1COC1)O2. The molecule has 1 atom stereocenters. The molecule has 2 aromatic rings. The van der Waals surface area contributed by atoms with Crippen LogP contribution in [0.25, 0.3) is 0 Å². The topological polar surface area (TPSA) is 123 Å². The average Bonchev–Trinajstić information content (AvgIpc) is 2.81. The highest BCUT2D eigenvalue weighted by atomic mass is 32.2. The molecule has 1 fully saturated rings. The van der Waals surface area contributed by atoms with E-state index in [-0.39, 0.29) is 48.5 Å². The maximum Gasteiger partial charge on any atom is 0.416 e. The van der Waals surface area contributed by atoms with Crippen molar-refractivity contribution >= 4 is 33.4 Å². The predicted octanol–water partition coefficient (Wildman–Crippen LogP) is 4.16. The number of benzene rings is 2. The van der Waals surface area contributed by atoms with Crippen LogP contribution in [0.15, 0.2) is 47.4 Å². The van der Waals surface area contributed by atoms with Crippen molar-refractivity contribution in [1.29, 1.82) is 0 Å². The Morgan fingerprint density at radius 3 is 2.45 bits per heavy atom. The van der Waals surface area contributed by atoms with E-state index < -0.39 is 44.5 Å². The number of hydrogen-bond acceptors (Lipinski definition) is 7. The van der Waals surface area contributed by atoms with Gasteiger partial charge in [0.1, 0.15) is 17.5 Å². The van der Waals surface area contributed by atoms with E-state index in [9.17, 15) is 31.2 Å². The first-order valence-electron chi connectivity index (χ1n) is 12.5. The van der Waals surface area contributed by atoms with Crippen molar-refractivity contribution in [2.45, 2.75) is 50.0 Å². The predicted molar refractivity (Wildman–Crippen MR) is 139 cm³/mol. The summed E-state index contributed by atoms with van der Waals surface area (Å²) in [6, 6.07) is 7.74. The molecule has 2 aliphatic heterocycles. The standard InChI is InChI=1S/C26H30F3N3O7S/c1-25(2,3)39-24(34)31-18-7-8-22-21(12-18)32(13-19(38-22)9-10-30-23(33)16-14-37-15-16)40(35,36)20-6-4-5-17(11-20)26(27,28)29/h4-8,11-12,16,19H,9-10,13-15H2,1-3H3,(H,30,33)(H,31,34). The molecule has 10 nitrogen and oxygen atoms in total. The van der Waals surface area contributed by atoms with E-state index in [2.05, 4.69) is 10.6 Å². The van der Waals surface area contributed by atoms with E-state index in [1.165, 1.54) is 18.2 Å². The number of rotatable bonds is 7. The molecule has 2 aliphatic rings. The molecule has 4 rings (SSSR count). The summed E-state index contributed by atoms with van der Waals surface area (Å²) in [6.07, 6.45) is -6.02. The third-order valence-electron chi connectivity index (χ3n) is 6.06. The number of nitrogens with zero attached hydrogens (tertiary/aromatic N) is 1. The Morgan fingerprint density at radius 2 is 1.82 bits per heavy atom. The smallest absolute Gasteiger partial charge is 0.416 e. The molecule has 0 saturated carbocycles. The third kappa shape index (κ3) is 6.97. The zero-order valence-electron chi connectivity index (χ0n) is 22.1. The van der Waals surface area contributed by atoms with E-state index in [1.807, 2.05) is 0 Å². The van der Waals surface area contributed by atoms with Crippen molar-refractivity contribution in [3.63, 3.8) is 0 Å². The van der Waals surface area contributed by atoms with Gasteiger partial charge in [0.05, 0.1) is 41.8 Å². The minimum Gasteiger partial charge on any atom is -0.486 e. The molecule has 0 spiro atoms. The maximum absolute atomic E-state index is 13.7. The van der Waals surface area contributed by atoms with Crippen LogP contribution < -0.4 is 19.7 Å². The van der Waals surface area contributed by atoms with Crippen LogP contribution in [-0.2, 0) is 30.5 Å². The maximum atomic E-state index is 13.7. The molecule has 1 unspecified atom stereocenters. The van der Waals surface area contributed by atoms with Crippen molar-refractivity contribution in [2.24, 2.45) is 5.92 Å². The van der Waals surface area contributed by atoms with Gasteiger partial charge in [-0.25, -0.2) is 13.2 Å². The molecule has 40 heavy (non-hydrogen) atoms. The summed E-state index contributed by atoms with van der Waals surface area (Å²) in [6.45, 7) is 5.65. The summed E-state index contributed by atoms with van der Waals surface area (Å²) < 4.78 is 84.7. The zero-order valence-corrected chi connectivity index (χ0v) is 22.9. The number of hydrogen-bond donors (Lipinski definition) is 2. The molecule has 2 aromatic carbocycles. The fourth-order valence-electron chi connectivity index (χ4n) is 4.04. The zero-order chi connectivity index (χ0) is 29.3. The van der Waals surface area contributed by atoms with Crippen molar-refractivity contribution in [1.82, 2.24) is 5.32 Å². The quantitative estimate of drug-likeness (QED) is 0.500. The lowest BCUT2D eigenvalue weighted by atomic mass is 10.1. The van der Waals surface area contributed by atoms with Gasteiger partial charge >= 0.3 is 12.3 Å². The van der Waals surface area contributed by atoms with Gasteiger partial charge in [0.25, 0.3) is 10.0 Å². The monoisotopic (exact) mass is 585 g/mol. The molecule has 2 N–H and O–H groups in total. The Morgan fingerprint density at radius 1 is 1.10 bits per heavy atom. The minimum absolute atomic E-state index is 0.0258. The summed E-state index contributed by atoms with van der Waals surface area (Å²) in [5.41, 5.74) is -1.68. The highest BCUT2D eigenvalue weighted by Gasteiger charge is 2.37. The highest BCUT2D eigenvalue weighted by Crippen LogP contribution is 2.40. The Kier molecular flexibility index (Phi) is 8.22. The molecule has 14 heteroatoms. The van der Waals surface area contributed by atoms with Gasteiger partial charge in [-0.15, -0.1) is 0 Å². The lowest BCUT2D eigenvalue weighted by Crippen LogP contribution is -2.46. The number of amides is 2. The summed E-state index contributed by atoms with van der Waals surface area (Å²) in [5.74, 6) is -0.282. The van der Waals surface area contributed by atoms with E-state index in [1.54, 1.807) is 20.8 Å². The summed E-state index contributed by atoms with van der Waals surface area (Å²) >= 11 is 0. The van der Waals surface area contributed by atoms with Crippen molar-refractivity contribution in [3.8, 4) is 5.75 Å². The Hall–Kier alpha value is -3.52. The van der Waals surface area contributed by atoms with Gasteiger partial charge in [-0.05, 0) is 57.2 Å². The van der Waals surface area contributed by atoms with Crippen molar-refractivity contribution < 1.29 is 45.4 Å². The van der Waals surface area contributed by atoms with Crippen LogP contribution in [-0.4, -0.2) is 58.4 Å². The van der Waals surface area contributed by atoms with Crippen LogP contribution >= 0.6 is 0 Å². The minimum atomic E-state index is -4.74. The second-order valence-electron chi connectivity index (χ2n) is 10.4. The number of fused-ring (bicyclic) bond motifs is 1. The number of carbonyl (C=O) groups is 2. The van der Waals surface area contributed by atoms with E-state index in [0.717, 1.165) is 22.5 Å². The Bertz CT molecular complexity index is 1370. The third-order valence-corrected chi connectivity index (χ3v) is 7.84. The molecule has 1 saturated heterocycles. The molecule has 0 aromatic heterocycles. The van der Waals surface area contributed by atoms with Crippen LogP contribution in [0, 0.1) is 5.92 Å². The van der Waals surface area contributed by atoms with Gasteiger partial charge in [0.15, 0.2) is 0 Å². The van der Waals surface area contributed by atoms with Crippen molar-refractivity contribution in [2.75, 3.05) is 35.9 Å². The average molecular weight is 586 g/mol. The van der Waals surface area contributed by atoms with Gasteiger partial charge in [0, 0.05) is 18.7 Å². The molecule has 218 valence electrons. The first kappa shape index (κ1) is 29.5. The Labute approximate surface area is 229 Å². The second kappa shape index (κ2) is 11.2. The first-order chi connectivity index (χ1) is 18.6. The number of halogens is 3. The Balaban J connectivity index is 1.62. The van der Waals surface area contributed by atoms with Crippen LogP contribution in [0.1, 0.15) is 32.8 Å². The molecular formula is C26H30F3N3O7S. The van der Waals surface area contributed by atoms with Gasteiger partial charge in [-0.2, -0.15) is 13.2 Å². The van der Waals surface area contributed by atoms with Crippen LogP contribution in [0.4, 0.5) is 29.3 Å². The first-order valence-corrected chi connectivity index (χ1v) is 13.9. The van der Waals surface area contributed by atoms with E-state index >= 15 is 0 Å². The largest absolute Gasteiger partial charge is 0.486 e. The lowest BCUT2D eigenvalue weighted by molar-refractivity contribution is -0.139. The second-order valence-corrected chi connectivity index (χ2v) is 12.3. The van der Waals surface area contributed by atoms with E-state index in [0.29, 0.717) is 19.3 Å². The van der Waals surface area contributed by atoms with Crippen molar-refractivity contribution in [3.05, 3.63) is 48.0 Å². The highest BCUT2D eigenvalue weighted by molar-refractivity contribution is 7.92. The number of carbonyl (C=O) groups excluding carboxylic acids is 2. The number of ether oxygens (including phenoxy) is 3. The lowest BCUT2D eigenvalue weighted by Gasteiger charge is -2.36. The normalized spacial score (nSPS) is 17.8.